The van der Waals surface area contributed by atoms with Crippen LogP contribution < -0.4 is 10.6 Å². The molecule has 0 aromatic heterocycles. The molecule has 2 aromatic carbocycles. The lowest BCUT2D eigenvalue weighted by molar-refractivity contribution is -0.132. The summed E-state index contributed by atoms with van der Waals surface area (Å²) in [6.07, 6.45) is 0.928. The first-order chi connectivity index (χ1) is 10.5. The quantitative estimate of drug-likeness (QED) is 0.815. The van der Waals surface area contributed by atoms with Crippen molar-refractivity contribution in [1.29, 1.82) is 0 Å². The zero-order valence-corrected chi connectivity index (χ0v) is 14.0. The van der Waals surface area contributed by atoms with Gasteiger partial charge in [-0.05, 0) is 48.7 Å². The molecular formula is C17H17BrN2O2. The molecule has 0 spiro atoms. The van der Waals surface area contributed by atoms with E-state index in [1.165, 1.54) is 5.56 Å². The van der Waals surface area contributed by atoms with Gasteiger partial charge in [-0.2, -0.15) is 0 Å². The number of anilines is 2. The molecule has 0 heterocycles. The van der Waals surface area contributed by atoms with Crippen LogP contribution in [0, 0.1) is 6.92 Å². The lowest BCUT2D eigenvalue weighted by atomic mass is 10.1. The Balaban J connectivity index is 1.99. The van der Waals surface area contributed by atoms with Gasteiger partial charge in [0.2, 0.25) is 0 Å². The first-order valence-corrected chi connectivity index (χ1v) is 7.76. The van der Waals surface area contributed by atoms with E-state index in [1.54, 1.807) is 24.3 Å². The molecule has 0 unspecified atom stereocenters. The van der Waals surface area contributed by atoms with Gasteiger partial charge < -0.3 is 10.6 Å². The minimum atomic E-state index is -0.699. The molecule has 0 atom stereocenters. The second kappa shape index (κ2) is 7.22. The predicted octanol–water partition coefficient (Wildman–Crippen LogP) is 3.90. The van der Waals surface area contributed by atoms with E-state index in [1.807, 2.05) is 25.1 Å². The smallest absolute Gasteiger partial charge is 0.314 e. The Kier molecular flexibility index (Phi) is 5.33. The van der Waals surface area contributed by atoms with Crippen LogP contribution in [0.1, 0.15) is 18.1 Å². The first-order valence-electron chi connectivity index (χ1n) is 6.97. The van der Waals surface area contributed by atoms with Crippen LogP contribution in [0.2, 0.25) is 0 Å². The number of amides is 2. The molecule has 22 heavy (non-hydrogen) atoms. The molecule has 2 N–H and O–H groups in total. The third kappa shape index (κ3) is 4.18. The van der Waals surface area contributed by atoms with E-state index in [-0.39, 0.29) is 0 Å². The van der Waals surface area contributed by atoms with Gasteiger partial charge >= 0.3 is 11.8 Å². The van der Waals surface area contributed by atoms with Crippen LogP contribution in [0.3, 0.4) is 0 Å². The lowest BCUT2D eigenvalue weighted by Gasteiger charge is -2.08. The number of carbonyl (C=O) groups excluding carboxylic acids is 2. The second-order valence-electron chi connectivity index (χ2n) is 4.92. The fourth-order valence-corrected chi connectivity index (χ4v) is 2.25. The van der Waals surface area contributed by atoms with E-state index in [0.29, 0.717) is 11.4 Å². The standard InChI is InChI=1S/C17H17BrN2O2/c1-3-12-5-8-13(9-6-12)19-16(21)17(22)20-14-7-4-11(2)15(18)10-14/h4-10H,3H2,1-2H3,(H,19,21)(H,20,22). The van der Waals surface area contributed by atoms with Crippen molar-refractivity contribution in [3.8, 4) is 0 Å². The minimum absolute atomic E-state index is 0.568. The Bertz CT molecular complexity index is 696. The third-order valence-corrected chi connectivity index (χ3v) is 4.11. The van der Waals surface area contributed by atoms with Crippen LogP contribution >= 0.6 is 15.9 Å². The van der Waals surface area contributed by atoms with E-state index in [4.69, 9.17) is 0 Å². The highest BCUT2D eigenvalue weighted by Crippen LogP contribution is 2.20. The van der Waals surface area contributed by atoms with Crippen molar-refractivity contribution in [1.82, 2.24) is 0 Å². The van der Waals surface area contributed by atoms with E-state index >= 15 is 0 Å². The van der Waals surface area contributed by atoms with E-state index in [0.717, 1.165) is 16.5 Å². The van der Waals surface area contributed by atoms with Gasteiger partial charge in [0.1, 0.15) is 0 Å². The Labute approximate surface area is 138 Å². The summed E-state index contributed by atoms with van der Waals surface area (Å²) in [5.41, 5.74) is 3.40. The fourth-order valence-electron chi connectivity index (χ4n) is 1.87. The number of benzene rings is 2. The van der Waals surface area contributed by atoms with Gasteiger partial charge in [0.05, 0.1) is 0 Å². The second-order valence-corrected chi connectivity index (χ2v) is 5.78. The molecule has 0 saturated heterocycles. The molecule has 5 heteroatoms. The molecule has 4 nitrogen and oxygen atoms in total. The molecular weight excluding hydrogens is 344 g/mol. The van der Waals surface area contributed by atoms with Crippen molar-refractivity contribution < 1.29 is 9.59 Å². The Hall–Kier alpha value is -2.14. The highest BCUT2D eigenvalue weighted by Gasteiger charge is 2.14. The topological polar surface area (TPSA) is 58.2 Å². The summed E-state index contributed by atoms with van der Waals surface area (Å²) in [6, 6.07) is 12.8. The maximum atomic E-state index is 11.9. The van der Waals surface area contributed by atoms with Gasteiger partial charge in [-0.25, -0.2) is 0 Å². The first kappa shape index (κ1) is 16.2. The molecule has 2 aromatic rings. The fraction of sp³-hybridized carbons (Fsp3) is 0.176. The van der Waals surface area contributed by atoms with Crippen molar-refractivity contribution in [2.75, 3.05) is 10.6 Å². The third-order valence-electron chi connectivity index (χ3n) is 3.26. The number of nitrogens with one attached hydrogen (secondary N) is 2. The highest BCUT2D eigenvalue weighted by atomic mass is 79.9. The molecule has 0 aliphatic rings. The number of carbonyl (C=O) groups is 2. The van der Waals surface area contributed by atoms with Gasteiger partial charge in [-0.3, -0.25) is 9.59 Å². The monoisotopic (exact) mass is 360 g/mol. The largest absolute Gasteiger partial charge is 0.318 e. The van der Waals surface area contributed by atoms with Crippen LogP contribution in [0.5, 0.6) is 0 Å². The SMILES string of the molecule is CCc1ccc(NC(=O)C(=O)Nc2ccc(C)c(Br)c2)cc1. The number of rotatable bonds is 3. The maximum absolute atomic E-state index is 11.9. The van der Waals surface area contributed by atoms with Crippen molar-refractivity contribution in [3.05, 3.63) is 58.1 Å². The van der Waals surface area contributed by atoms with E-state index in [2.05, 4.69) is 33.5 Å². The maximum Gasteiger partial charge on any atom is 0.314 e. The molecule has 0 bridgehead atoms. The Morgan fingerprint density at radius 2 is 1.50 bits per heavy atom. The molecule has 2 amide bonds. The summed E-state index contributed by atoms with van der Waals surface area (Å²) in [7, 11) is 0. The molecule has 0 aliphatic heterocycles. The number of aryl methyl sites for hydroxylation is 2. The summed E-state index contributed by atoms with van der Waals surface area (Å²) in [5.74, 6) is -1.39. The van der Waals surface area contributed by atoms with Crippen molar-refractivity contribution in [2.45, 2.75) is 20.3 Å². The normalized spacial score (nSPS) is 10.1. The number of hydrogen-bond acceptors (Lipinski definition) is 2. The summed E-state index contributed by atoms with van der Waals surface area (Å²) >= 11 is 3.39. The summed E-state index contributed by atoms with van der Waals surface area (Å²) in [4.78, 5) is 23.8. The zero-order valence-electron chi connectivity index (χ0n) is 12.4. The average Bonchev–Trinajstić information content (AvgIpc) is 2.51. The molecule has 0 radical (unpaired) electrons. The Morgan fingerprint density at radius 1 is 0.955 bits per heavy atom. The van der Waals surface area contributed by atoms with E-state index < -0.39 is 11.8 Å². The van der Waals surface area contributed by atoms with Crippen molar-refractivity contribution in [2.24, 2.45) is 0 Å². The van der Waals surface area contributed by atoms with Crippen LogP contribution in [-0.2, 0) is 16.0 Å². The molecule has 114 valence electrons. The summed E-state index contributed by atoms with van der Waals surface area (Å²) in [6.45, 7) is 4.00. The number of hydrogen-bond donors (Lipinski definition) is 2. The van der Waals surface area contributed by atoms with Crippen LogP contribution in [0.15, 0.2) is 46.9 Å². The van der Waals surface area contributed by atoms with E-state index in [9.17, 15) is 9.59 Å². The molecule has 2 rings (SSSR count). The van der Waals surface area contributed by atoms with Gasteiger partial charge in [0.25, 0.3) is 0 Å². The van der Waals surface area contributed by atoms with Crippen LogP contribution in [0.4, 0.5) is 11.4 Å². The minimum Gasteiger partial charge on any atom is -0.318 e. The Morgan fingerprint density at radius 3 is 2.05 bits per heavy atom. The van der Waals surface area contributed by atoms with Gasteiger partial charge in [0, 0.05) is 15.8 Å². The highest BCUT2D eigenvalue weighted by molar-refractivity contribution is 9.10. The average molecular weight is 361 g/mol. The number of halogens is 1. The molecule has 0 fully saturated rings. The predicted molar refractivity (Wildman–Crippen MR) is 92.0 cm³/mol. The summed E-state index contributed by atoms with van der Waals surface area (Å²) < 4.78 is 0.876. The lowest BCUT2D eigenvalue weighted by Crippen LogP contribution is -2.29. The molecule has 0 aliphatic carbocycles. The molecule has 0 saturated carbocycles. The van der Waals surface area contributed by atoms with Crippen molar-refractivity contribution in [3.63, 3.8) is 0 Å². The van der Waals surface area contributed by atoms with Gasteiger partial charge in [0.15, 0.2) is 0 Å². The summed E-state index contributed by atoms with van der Waals surface area (Å²) in [5, 5.41) is 5.15. The van der Waals surface area contributed by atoms with Gasteiger partial charge in [-0.1, -0.05) is 41.1 Å². The zero-order chi connectivity index (χ0) is 16.1. The van der Waals surface area contributed by atoms with Crippen LogP contribution in [-0.4, -0.2) is 11.8 Å². The van der Waals surface area contributed by atoms with Gasteiger partial charge in [-0.15, -0.1) is 0 Å². The van der Waals surface area contributed by atoms with Crippen LogP contribution in [0.25, 0.3) is 0 Å². The van der Waals surface area contributed by atoms with Crippen molar-refractivity contribution >= 4 is 39.1 Å².